The van der Waals surface area contributed by atoms with E-state index in [-0.39, 0.29) is 17.8 Å². The number of nitrogens with zero attached hydrogens (tertiary/aromatic N) is 3. The van der Waals surface area contributed by atoms with E-state index >= 15 is 0 Å². The fraction of sp³-hybridized carbons (Fsp3) is 0.294. The van der Waals surface area contributed by atoms with Gasteiger partial charge in [0.15, 0.2) is 0 Å². The molecule has 0 radical (unpaired) electrons. The van der Waals surface area contributed by atoms with Gasteiger partial charge in [0.05, 0.1) is 17.2 Å². The second-order valence-electron chi connectivity index (χ2n) is 5.82. The van der Waals surface area contributed by atoms with Crippen molar-refractivity contribution in [2.24, 2.45) is 0 Å². The van der Waals surface area contributed by atoms with Gasteiger partial charge in [-0.2, -0.15) is 0 Å². The zero-order chi connectivity index (χ0) is 15.8. The molecule has 1 saturated heterocycles. The largest absolute Gasteiger partial charge is 0.336 e. The van der Waals surface area contributed by atoms with E-state index in [1.165, 1.54) is 17.4 Å². The Hall–Kier alpha value is -2.21. The first-order valence-electron chi connectivity index (χ1n) is 7.67. The van der Waals surface area contributed by atoms with Gasteiger partial charge in [0, 0.05) is 35.6 Å². The summed E-state index contributed by atoms with van der Waals surface area (Å²) < 4.78 is 16.7. The maximum Gasteiger partial charge on any atom is 0.264 e. The topological polar surface area (TPSA) is 38.1 Å². The Balaban J connectivity index is 1.58. The van der Waals surface area contributed by atoms with Crippen molar-refractivity contribution in [3.63, 3.8) is 0 Å². The fourth-order valence-corrected chi connectivity index (χ4v) is 4.20. The number of rotatable bonds is 2. The molecule has 0 N–H and O–H groups in total. The summed E-state index contributed by atoms with van der Waals surface area (Å²) in [6.45, 7) is 1.42. The molecular weight excluding hydrogens is 313 g/mol. The van der Waals surface area contributed by atoms with Crippen LogP contribution in [0.25, 0.3) is 10.1 Å². The van der Waals surface area contributed by atoms with Gasteiger partial charge >= 0.3 is 0 Å². The Kier molecular flexibility index (Phi) is 3.61. The smallest absolute Gasteiger partial charge is 0.264 e. The maximum absolute atomic E-state index is 13.8. The Bertz CT molecular complexity index is 843. The Morgan fingerprint density at radius 1 is 1.39 bits per heavy atom. The lowest BCUT2D eigenvalue weighted by Gasteiger charge is -2.33. The molecule has 3 aromatic rings. The molecule has 0 unspecified atom stereocenters. The van der Waals surface area contributed by atoms with Crippen LogP contribution >= 0.6 is 11.3 Å². The van der Waals surface area contributed by atoms with Crippen LogP contribution in [0.15, 0.2) is 43.0 Å². The SMILES string of the molecule is O=C(c1cc2c(F)cccc2s1)N1CCC[C@@H](n2ccnc2)C1. The standard InChI is InChI=1S/C17H16FN3OS/c18-14-4-1-5-15-13(14)9-16(23-15)17(22)20-7-2-3-12(10-20)21-8-6-19-11-21/h1,4-6,8-9,11-12H,2-3,7,10H2/t12-/m1/s1. The predicted octanol–water partition coefficient (Wildman–Crippen LogP) is 3.71. The van der Waals surface area contributed by atoms with Crippen LogP contribution in [-0.4, -0.2) is 33.4 Å². The molecule has 1 aromatic carbocycles. The minimum absolute atomic E-state index is 0.00425. The molecule has 3 heterocycles. The number of hydrogen-bond donors (Lipinski definition) is 0. The molecule has 0 aliphatic carbocycles. The van der Waals surface area contributed by atoms with E-state index in [1.54, 1.807) is 24.7 Å². The van der Waals surface area contributed by atoms with Crippen LogP contribution in [0.4, 0.5) is 4.39 Å². The van der Waals surface area contributed by atoms with Crippen molar-refractivity contribution in [1.29, 1.82) is 0 Å². The lowest BCUT2D eigenvalue weighted by atomic mass is 10.1. The van der Waals surface area contributed by atoms with Crippen LogP contribution in [0.1, 0.15) is 28.6 Å². The van der Waals surface area contributed by atoms with Crippen molar-refractivity contribution in [2.45, 2.75) is 18.9 Å². The summed E-state index contributed by atoms with van der Waals surface area (Å²) in [4.78, 5) is 19.3. The highest BCUT2D eigenvalue weighted by atomic mass is 32.1. The first-order valence-corrected chi connectivity index (χ1v) is 8.49. The summed E-state index contributed by atoms with van der Waals surface area (Å²) >= 11 is 1.36. The van der Waals surface area contributed by atoms with Gasteiger partial charge in [-0.15, -0.1) is 11.3 Å². The van der Waals surface area contributed by atoms with E-state index in [4.69, 9.17) is 0 Å². The van der Waals surface area contributed by atoms with Gasteiger partial charge in [0.2, 0.25) is 0 Å². The van der Waals surface area contributed by atoms with Crippen molar-refractivity contribution in [2.75, 3.05) is 13.1 Å². The van der Waals surface area contributed by atoms with Gasteiger partial charge in [-0.05, 0) is 31.0 Å². The van der Waals surface area contributed by atoms with Crippen LogP contribution in [-0.2, 0) is 0 Å². The van der Waals surface area contributed by atoms with Crippen molar-refractivity contribution < 1.29 is 9.18 Å². The number of amides is 1. The second-order valence-corrected chi connectivity index (χ2v) is 6.90. The third-order valence-electron chi connectivity index (χ3n) is 4.35. The highest BCUT2D eigenvalue weighted by Gasteiger charge is 2.26. The van der Waals surface area contributed by atoms with Gasteiger partial charge in [-0.3, -0.25) is 4.79 Å². The molecule has 0 saturated carbocycles. The number of fused-ring (bicyclic) bond motifs is 1. The summed E-state index contributed by atoms with van der Waals surface area (Å²) in [5.74, 6) is -0.275. The lowest BCUT2D eigenvalue weighted by Crippen LogP contribution is -2.40. The number of carbonyl (C=O) groups excluding carboxylic acids is 1. The van der Waals surface area contributed by atoms with Crippen molar-refractivity contribution >= 4 is 27.3 Å². The van der Waals surface area contributed by atoms with E-state index in [1.807, 2.05) is 17.2 Å². The molecule has 1 amide bonds. The number of piperidine rings is 1. The van der Waals surface area contributed by atoms with Gasteiger partial charge in [-0.25, -0.2) is 9.37 Å². The molecule has 2 aromatic heterocycles. The molecular formula is C17H16FN3OS. The number of benzene rings is 1. The van der Waals surface area contributed by atoms with E-state index in [0.29, 0.717) is 16.8 Å². The highest BCUT2D eigenvalue weighted by Crippen LogP contribution is 2.30. The van der Waals surface area contributed by atoms with Gasteiger partial charge < -0.3 is 9.47 Å². The normalized spacial score (nSPS) is 18.5. The molecule has 6 heteroatoms. The predicted molar refractivity (Wildman–Crippen MR) is 88.2 cm³/mol. The molecule has 0 spiro atoms. The first kappa shape index (κ1) is 14.4. The van der Waals surface area contributed by atoms with Crippen molar-refractivity contribution in [3.05, 3.63) is 53.7 Å². The van der Waals surface area contributed by atoms with E-state index < -0.39 is 0 Å². The average molecular weight is 329 g/mol. The molecule has 1 aliphatic rings. The minimum atomic E-state index is -0.271. The van der Waals surface area contributed by atoms with Gasteiger partial charge in [0.1, 0.15) is 5.82 Å². The molecule has 1 fully saturated rings. The quantitative estimate of drug-likeness (QED) is 0.719. The summed E-state index contributed by atoms with van der Waals surface area (Å²) in [5.41, 5.74) is 0. The van der Waals surface area contributed by atoms with E-state index in [2.05, 4.69) is 9.55 Å². The molecule has 23 heavy (non-hydrogen) atoms. The lowest BCUT2D eigenvalue weighted by molar-refractivity contribution is 0.0684. The monoisotopic (exact) mass is 329 g/mol. The van der Waals surface area contributed by atoms with Crippen LogP contribution in [0, 0.1) is 5.82 Å². The van der Waals surface area contributed by atoms with Crippen LogP contribution in [0.5, 0.6) is 0 Å². The fourth-order valence-electron chi connectivity index (χ4n) is 3.15. The third-order valence-corrected chi connectivity index (χ3v) is 5.44. The number of likely N-dealkylation sites (tertiary alicyclic amines) is 1. The molecule has 4 rings (SSSR count). The zero-order valence-corrected chi connectivity index (χ0v) is 13.3. The Labute approximate surface area is 137 Å². The molecule has 1 aliphatic heterocycles. The zero-order valence-electron chi connectivity index (χ0n) is 12.5. The van der Waals surface area contributed by atoms with Crippen LogP contribution < -0.4 is 0 Å². The summed E-state index contributed by atoms with van der Waals surface area (Å²) in [6, 6.07) is 6.90. The first-order chi connectivity index (χ1) is 11.2. The average Bonchev–Trinajstić information content (AvgIpc) is 3.24. The minimum Gasteiger partial charge on any atom is -0.336 e. The summed E-state index contributed by atoms with van der Waals surface area (Å²) in [6.07, 6.45) is 7.51. The summed E-state index contributed by atoms with van der Waals surface area (Å²) in [5, 5.41) is 0.531. The highest BCUT2D eigenvalue weighted by molar-refractivity contribution is 7.20. The van der Waals surface area contributed by atoms with Gasteiger partial charge in [0.25, 0.3) is 5.91 Å². The number of hydrogen-bond acceptors (Lipinski definition) is 3. The second kappa shape index (κ2) is 5.77. The number of aromatic nitrogens is 2. The Morgan fingerprint density at radius 3 is 3.09 bits per heavy atom. The Morgan fingerprint density at radius 2 is 2.30 bits per heavy atom. The third kappa shape index (κ3) is 2.63. The number of carbonyl (C=O) groups is 1. The van der Waals surface area contributed by atoms with E-state index in [9.17, 15) is 9.18 Å². The molecule has 1 atom stereocenters. The van der Waals surface area contributed by atoms with Crippen molar-refractivity contribution in [1.82, 2.24) is 14.5 Å². The van der Waals surface area contributed by atoms with Gasteiger partial charge in [-0.1, -0.05) is 6.07 Å². The van der Waals surface area contributed by atoms with Crippen LogP contribution in [0.2, 0.25) is 0 Å². The van der Waals surface area contributed by atoms with E-state index in [0.717, 1.165) is 24.1 Å². The number of halogens is 1. The maximum atomic E-state index is 13.8. The molecule has 118 valence electrons. The molecule has 0 bridgehead atoms. The number of imidazole rings is 1. The van der Waals surface area contributed by atoms with Crippen LogP contribution in [0.3, 0.4) is 0 Å². The summed E-state index contributed by atoms with van der Waals surface area (Å²) in [7, 11) is 0. The number of thiophene rings is 1. The molecule has 4 nitrogen and oxygen atoms in total. The van der Waals surface area contributed by atoms with Crippen molar-refractivity contribution in [3.8, 4) is 0 Å².